The second kappa shape index (κ2) is 9.06. The van der Waals surface area contributed by atoms with Crippen molar-refractivity contribution in [3.8, 4) is 5.75 Å². The van der Waals surface area contributed by atoms with E-state index >= 15 is 0 Å². The number of nitrogens with one attached hydrogen (secondary N) is 2. The van der Waals surface area contributed by atoms with Gasteiger partial charge in [-0.15, -0.1) is 12.4 Å². The fourth-order valence-corrected chi connectivity index (χ4v) is 4.18. The van der Waals surface area contributed by atoms with Crippen molar-refractivity contribution in [1.29, 1.82) is 0 Å². The van der Waals surface area contributed by atoms with Crippen molar-refractivity contribution >= 4 is 33.8 Å². The average Bonchev–Trinajstić information content (AvgIpc) is 2.85. The third-order valence-electron chi connectivity index (χ3n) is 4.89. The number of rotatable bonds is 7. The fraction of sp³-hybridized carbons (Fsp3) is 0.611. The highest BCUT2D eigenvalue weighted by Gasteiger charge is 2.34. The third kappa shape index (κ3) is 6.45. The van der Waals surface area contributed by atoms with Gasteiger partial charge in [0.25, 0.3) is 0 Å². The van der Waals surface area contributed by atoms with Crippen molar-refractivity contribution in [1.82, 2.24) is 5.32 Å². The number of piperidine rings is 1. The number of anilines is 1. The van der Waals surface area contributed by atoms with Crippen LogP contribution in [0.2, 0.25) is 0 Å². The van der Waals surface area contributed by atoms with Crippen LogP contribution in [0.3, 0.4) is 0 Å². The van der Waals surface area contributed by atoms with Crippen LogP contribution in [0.15, 0.2) is 24.3 Å². The minimum absolute atomic E-state index is 0. The number of ether oxygens (including phenoxy) is 1. The molecule has 8 heteroatoms. The molecule has 3 rings (SSSR count). The maximum Gasteiger partial charge on any atom is 0.224 e. The lowest BCUT2D eigenvalue weighted by Gasteiger charge is -2.28. The smallest absolute Gasteiger partial charge is 0.224 e. The molecule has 0 radical (unpaired) electrons. The van der Waals surface area contributed by atoms with Gasteiger partial charge in [-0.05, 0) is 43.7 Å². The van der Waals surface area contributed by atoms with Crippen LogP contribution in [0.25, 0.3) is 0 Å². The number of benzene rings is 1. The van der Waals surface area contributed by atoms with E-state index in [-0.39, 0.29) is 30.7 Å². The number of carbonyl (C=O) groups excluding carboxylic acids is 1. The molecule has 26 heavy (non-hydrogen) atoms. The fourth-order valence-electron chi connectivity index (χ4n) is 3.79. The molecule has 0 spiro atoms. The first-order chi connectivity index (χ1) is 11.9. The maximum absolute atomic E-state index is 12.3. The molecule has 2 unspecified atom stereocenters. The zero-order valence-corrected chi connectivity index (χ0v) is 16.6. The molecule has 0 aromatic heterocycles. The van der Waals surface area contributed by atoms with Gasteiger partial charge >= 0.3 is 0 Å². The molecule has 2 atom stereocenters. The zero-order chi connectivity index (χ0) is 17.9. The van der Waals surface area contributed by atoms with Crippen LogP contribution >= 0.6 is 12.4 Å². The Morgan fingerprint density at radius 1 is 1.27 bits per heavy atom. The molecule has 0 saturated carbocycles. The summed E-state index contributed by atoms with van der Waals surface area (Å²) in [6.45, 7) is 0.105. The lowest BCUT2D eigenvalue weighted by atomic mass is 9.89. The molecular weight excluding hydrogens is 376 g/mol. The summed E-state index contributed by atoms with van der Waals surface area (Å²) in [6, 6.07) is 8.25. The van der Waals surface area contributed by atoms with E-state index in [4.69, 9.17) is 4.74 Å². The predicted octanol–water partition coefficient (Wildman–Crippen LogP) is 2.39. The molecule has 2 saturated heterocycles. The summed E-state index contributed by atoms with van der Waals surface area (Å²) >= 11 is 0. The number of fused-ring (bicyclic) bond motifs is 2. The van der Waals surface area contributed by atoms with Gasteiger partial charge in [0.1, 0.15) is 12.4 Å². The summed E-state index contributed by atoms with van der Waals surface area (Å²) in [6.07, 6.45) is 6.36. The van der Waals surface area contributed by atoms with E-state index in [9.17, 15) is 13.2 Å². The average molecular weight is 403 g/mol. The molecule has 2 heterocycles. The lowest BCUT2D eigenvalue weighted by Crippen LogP contribution is -2.39. The first-order valence-corrected chi connectivity index (χ1v) is 10.9. The molecule has 2 aliphatic rings. The standard InChI is InChI=1S/C18H26N2O4S.ClH/c1-25(22,23)8-7-24-17-4-2-3-14(12-17)20-18(21)11-13-9-15-5-6-16(10-13)19-15;/h2-4,12-13,15-16,19H,5-11H2,1H3,(H,20,21);1H. The summed E-state index contributed by atoms with van der Waals surface area (Å²) in [5.41, 5.74) is 0.679. The van der Waals surface area contributed by atoms with Gasteiger partial charge in [-0.3, -0.25) is 4.79 Å². The Labute approximate surface area is 161 Å². The van der Waals surface area contributed by atoms with E-state index in [0.717, 1.165) is 12.8 Å². The van der Waals surface area contributed by atoms with E-state index in [1.165, 1.54) is 19.1 Å². The van der Waals surface area contributed by atoms with Gasteiger partial charge in [0.15, 0.2) is 9.84 Å². The normalized spacial score (nSPS) is 24.6. The van der Waals surface area contributed by atoms with Crippen LogP contribution in [0.1, 0.15) is 32.1 Å². The molecule has 2 aliphatic heterocycles. The van der Waals surface area contributed by atoms with E-state index in [2.05, 4.69) is 10.6 Å². The van der Waals surface area contributed by atoms with Crippen LogP contribution in [0, 0.1) is 5.92 Å². The minimum atomic E-state index is -3.04. The van der Waals surface area contributed by atoms with Crippen molar-refractivity contribution in [2.75, 3.05) is 23.9 Å². The molecule has 1 amide bonds. The first-order valence-electron chi connectivity index (χ1n) is 8.84. The summed E-state index contributed by atoms with van der Waals surface area (Å²) in [4.78, 5) is 12.3. The number of sulfone groups is 1. The molecule has 2 N–H and O–H groups in total. The number of hydrogen-bond acceptors (Lipinski definition) is 5. The highest BCUT2D eigenvalue weighted by atomic mass is 35.5. The highest BCUT2D eigenvalue weighted by molar-refractivity contribution is 7.90. The van der Waals surface area contributed by atoms with Gasteiger partial charge in [0.2, 0.25) is 5.91 Å². The zero-order valence-electron chi connectivity index (χ0n) is 14.9. The second-order valence-electron chi connectivity index (χ2n) is 7.23. The molecule has 0 aliphatic carbocycles. The van der Waals surface area contributed by atoms with E-state index in [1.807, 2.05) is 6.07 Å². The molecule has 6 nitrogen and oxygen atoms in total. The predicted molar refractivity (Wildman–Crippen MR) is 105 cm³/mol. The van der Waals surface area contributed by atoms with E-state index in [0.29, 0.717) is 35.9 Å². The van der Waals surface area contributed by atoms with Gasteiger partial charge in [-0.2, -0.15) is 0 Å². The largest absolute Gasteiger partial charge is 0.492 e. The summed E-state index contributed by atoms with van der Waals surface area (Å²) in [7, 11) is -3.04. The van der Waals surface area contributed by atoms with Crippen LogP contribution in [-0.2, 0) is 14.6 Å². The van der Waals surface area contributed by atoms with Crippen molar-refractivity contribution in [2.45, 2.75) is 44.2 Å². The Bertz CT molecular complexity index is 714. The van der Waals surface area contributed by atoms with Crippen LogP contribution in [0.4, 0.5) is 5.69 Å². The Morgan fingerprint density at radius 3 is 2.62 bits per heavy atom. The van der Waals surface area contributed by atoms with Gasteiger partial charge in [0, 0.05) is 36.5 Å². The monoisotopic (exact) mass is 402 g/mol. The number of hydrogen-bond donors (Lipinski definition) is 2. The number of halogens is 1. The highest BCUT2D eigenvalue weighted by Crippen LogP contribution is 2.32. The van der Waals surface area contributed by atoms with Crippen molar-refractivity contribution in [2.24, 2.45) is 5.92 Å². The Hall–Kier alpha value is -1.31. The van der Waals surface area contributed by atoms with Gasteiger partial charge < -0.3 is 15.4 Å². The molecule has 146 valence electrons. The summed E-state index contributed by atoms with van der Waals surface area (Å²) in [5.74, 6) is 1.01. The summed E-state index contributed by atoms with van der Waals surface area (Å²) in [5, 5.41) is 6.52. The lowest BCUT2D eigenvalue weighted by molar-refractivity contribution is -0.117. The van der Waals surface area contributed by atoms with Crippen LogP contribution in [0.5, 0.6) is 5.75 Å². The van der Waals surface area contributed by atoms with Crippen molar-refractivity contribution < 1.29 is 17.9 Å². The van der Waals surface area contributed by atoms with Crippen molar-refractivity contribution in [3.63, 3.8) is 0 Å². The Balaban J connectivity index is 0.00000243. The SMILES string of the molecule is CS(=O)(=O)CCOc1cccc(NC(=O)CC2CC3CCC(C2)N3)c1.Cl. The Morgan fingerprint density at radius 2 is 1.96 bits per heavy atom. The van der Waals surface area contributed by atoms with Gasteiger partial charge in [0.05, 0.1) is 5.75 Å². The second-order valence-corrected chi connectivity index (χ2v) is 9.49. The quantitative estimate of drug-likeness (QED) is 0.731. The first kappa shape index (κ1) is 21.0. The maximum atomic E-state index is 12.3. The molecule has 1 aromatic carbocycles. The minimum Gasteiger partial charge on any atom is -0.492 e. The molecule has 1 aromatic rings. The van der Waals surface area contributed by atoms with Crippen molar-refractivity contribution in [3.05, 3.63) is 24.3 Å². The van der Waals surface area contributed by atoms with E-state index in [1.54, 1.807) is 18.2 Å². The third-order valence-corrected chi connectivity index (χ3v) is 5.79. The van der Waals surface area contributed by atoms with Gasteiger partial charge in [-0.25, -0.2) is 8.42 Å². The molecule has 2 fully saturated rings. The number of amides is 1. The van der Waals surface area contributed by atoms with E-state index < -0.39 is 9.84 Å². The molecule has 2 bridgehead atoms. The summed E-state index contributed by atoms with van der Waals surface area (Å²) < 4.78 is 27.7. The molecular formula is C18H27ClN2O4S. The van der Waals surface area contributed by atoms with Gasteiger partial charge in [-0.1, -0.05) is 6.07 Å². The Kier molecular flexibility index (Phi) is 7.32. The topological polar surface area (TPSA) is 84.5 Å². The van der Waals surface area contributed by atoms with Crippen LogP contribution in [-0.4, -0.2) is 45.0 Å². The number of carbonyl (C=O) groups is 1. The van der Waals surface area contributed by atoms with Crippen LogP contribution < -0.4 is 15.4 Å².